The largest absolute Gasteiger partial charge is 0.459 e. The first kappa shape index (κ1) is 20.6. The van der Waals surface area contributed by atoms with Crippen molar-refractivity contribution in [3.8, 4) is 12.3 Å². The van der Waals surface area contributed by atoms with E-state index in [1.54, 1.807) is 23.1 Å². The molecule has 152 valence electrons. The van der Waals surface area contributed by atoms with Gasteiger partial charge in [0.1, 0.15) is 0 Å². The second kappa shape index (κ2) is 8.94. The molecule has 29 heavy (non-hydrogen) atoms. The molecule has 3 rings (SSSR count). The molecule has 0 unspecified atom stereocenters. The summed E-state index contributed by atoms with van der Waals surface area (Å²) in [7, 11) is -3.78. The summed E-state index contributed by atoms with van der Waals surface area (Å²) in [6.45, 7) is 0.859. The number of sulfonamides is 1. The van der Waals surface area contributed by atoms with Crippen LogP contribution in [0.15, 0.2) is 52.0 Å². The highest BCUT2D eigenvalue weighted by Crippen LogP contribution is 2.16. The Morgan fingerprint density at radius 3 is 2.62 bits per heavy atom. The molecule has 0 aliphatic carbocycles. The fourth-order valence-corrected chi connectivity index (χ4v) is 4.06. The van der Waals surface area contributed by atoms with Gasteiger partial charge in [0, 0.05) is 24.7 Å². The summed E-state index contributed by atoms with van der Waals surface area (Å²) in [4.78, 5) is 26.5. The van der Waals surface area contributed by atoms with E-state index in [1.807, 2.05) is 0 Å². The SMILES string of the molecule is C#CCNS(=O)(=O)c1cccc(C(=O)NC2CCN(C(=O)c3ccco3)CC2)c1. The zero-order valence-electron chi connectivity index (χ0n) is 15.6. The quantitative estimate of drug-likeness (QED) is 0.690. The number of amides is 2. The van der Waals surface area contributed by atoms with Crippen molar-refractivity contribution in [2.24, 2.45) is 0 Å². The number of nitrogens with zero attached hydrogens (tertiary/aromatic N) is 1. The molecule has 1 fully saturated rings. The molecule has 1 aromatic carbocycles. The lowest BCUT2D eigenvalue weighted by Gasteiger charge is -2.31. The second-order valence-electron chi connectivity index (χ2n) is 6.57. The number of terminal acetylenes is 1. The van der Waals surface area contributed by atoms with Crippen LogP contribution < -0.4 is 10.0 Å². The monoisotopic (exact) mass is 415 g/mol. The molecule has 1 aliphatic rings. The molecule has 2 amide bonds. The third kappa shape index (κ3) is 5.04. The molecule has 2 aromatic rings. The van der Waals surface area contributed by atoms with Gasteiger partial charge in [0.25, 0.3) is 11.8 Å². The highest BCUT2D eigenvalue weighted by Gasteiger charge is 2.26. The van der Waals surface area contributed by atoms with E-state index in [0.29, 0.717) is 31.7 Å². The van der Waals surface area contributed by atoms with Gasteiger partial charge < -0.3 is 14.6 Å². The second-order valence-corrected chi connectivity index (χ2v) is 8.34. The maximum absolute atomic E-state index is 12.6. The maximum Gasteiger partial charge on any atom is 0.289 e. The van der Waals surface area contributed by atoms with E-state index in [2.05, 4.69) is 16.0 Å². The molecule has 8 nitrogen and oxygen atoms in total. The first-order valence-electron chi connectivity index (χ1n) is 9.07. The van der Waals surface area contributed by atoms with Crippen LogP contribution in [-0.2, 0) is 10.0 Å². The summed E-state index contributed by atoms with van der Waals surface area (Å²) >= 11 is 0. The van der Waals surface area contributed by atoms with Crippen LogP contribution in [0.4, 0.5) is 0 Å². The molecule has 0 radical (unpaired) electrons. The third-order valence-corrected chi connectivity index (χ3v) is 6.02. The van der Waals surface area contributed by atoms with Gasteiger partial charge in [-0.2, -0.15) is 4.72 Å². The maximum atomic E-state index is 12.6. The number of nitrogens with one attached hydrogen (secondary N) is 2. The molecule has 0 saturated carbocycles. The van der Waals surface area contributed by atoms with Gasteiger partial charge in [0.15, 0.2) is 5.76 Å². The first-order chi connectivity index (χ1) is 13.9. The van der Waals surface area contributed by atoms with Crippen molar-refractivity contribution < 1.29 is 22.4 Å². The van der Waals surface area contributed by atoms with Crippen molar-refractivity contribution >= 4 is 21.8 Å². The van der Waals surface area contributed by atoms with Crippen molar-refractivity contribution in [2.45, 2.75) is 23.8 Å². The van der Waals surface area contributed by atoms with E-state index in [1.165, 1.54) is 24.5 Å². The highest BCUT2D eigenvalue weighted by atomic mass is 32.2. The number of carbonyl (C=O) groups excluding carboxylic acids is 2. The van der Waals surface area contributed by atoms with Gasteiger partial charge in [-0.05, 0) is 43.2 Å². The number of likely N-dealkylation sites (tertiary alicyclic amines) is 1. The molecular formula is C20H21N3O5S. The zero-order valence-corrected chi connectivity index (χ0v) is 16.4. The number of carbonyl (C=O) groups is 2. The Hall–Kier alpha value is -3.09. The number of piperidine rings is 1. The molecule has 9 heteroatoms. The predicted octanol–water partition coefficient (Wildman–Crippen LogP) is 1.23. The number of furan rings is 1. The Morgan fingerprint density at radius 1 is 1.21 bits per heavy atom. The molecule has 0 spiro atoms. The van der Waals surface area contributed by atoms with Gasteiger partial charge >= 0.3 is 0 Å². The lowest BCUT2D eigenvalue weighted by molar-refractivity contribution is 0.0667. The van der Waals surface area contributed by atoms with Crippen LogP contribution in [0.3, 0.4) is 0 Å². The van der Waals surface area contributed by atoms with E-state index < -0.39 is 10.0 Å². The summed E-state index contributed by atoms with van der Waals surface area (Å²) in [5.74, 6) is 1.96. The molecule has 1 aliphatic heterocycles. The Labute approximate surface area is 169 Å². The average Bonchev–Trinajstić information content (AvgIpc) is 3.27. The number of hydrogen-bond acceptors (Lipinski definition) is 5. The fraction of sp³-hybridized carbons (Fsp3) is 0.300. The third-order valence-electron chi connectivity index (χ3n) is 4.62. The number of hydrogen-bond donors (Lipinski definition) is 2. The van der Waals surface area contributed by atoms with E-state index in [4.69, 9.17) is 10.8 Å². The summed E-state index contributed by atoms with van der Waals surface area (Å²) in [6, 6.07) is 8.93. The van der Waals surface area contributed by atoms with Crippen LogP contribution in [-0.4, -0.2) is 50.8 Å². The average molecular weight is 415 g/mol. The van der Waals surface area contributed by atoms with Crippen LogP contribution >= 0.6 is 0 Å². The van der Waals surface area contributed by atoms with E-state index >= 15 is 0 Å². The Kier molecular flexibility index (Phi) is 6.36. The van der Waals surface area contributed by atoms with Gasteiger partial charge in [-0.3, -0.25) is 9.59 Å². The van der Waals surface area contributed by atoms with Crippen molar-refractivity contribution in [3.05, 3.63) is 54.0 Å². The van der Waals surface area contributed by atoms with Crippen LogP contribution in [0.25, 0.3) is 0 Å². The van der Waals surface area contributed by atoms with Crippen LogP contribution in [0.2, 0.25) is 0 Å². The minimum absolute atomic E-state index is 0.0285. The van der Waals surface area contributed by atoms with Crippen LogP contribution in [0.5, 0.6) is 0 Å². The van der Waals surface area contributed by atoms with Gasteiger partial charge in [0.05, 0.1) is 17.7 Å². The standard InChI is InChI=1S/C20H21N3O5S/c1-2-10-21-29(26,27)17-6-3-5-15(14-17)19(24)22-16-8-11-23(12-9-16)20(25)18-7-4-13-28-18/h1,3-7,13-14,16,21H,8-12H2,(H,22,24). The van der Waals surface area contributed by atoms with Crippen molar-refractivity contribution in [1.82, 2.24) is 14.9 Å². The molecule has 1 saturated heterocycles. The Balaban J connectivity index is 1.58. The van der Waals surface area contributed by atoms with Gasteiger partial charge in [-0.1, -0.05) is 12.0 Å². The zero-order chi connectivity index (χ0) is 20.9. The van der Waals surface area contributed by atoms with E-state index in [0.717, 1.165) is 0 Å². The molecule has 1 aromatic heterocycles. The smallest absolute Gasteiger partial charge is 0.289 e. The minimum atomic E-state index is -3.78. The lowest BCUT2D eigenvalue weighted by Crippen LogP contribution is -2.46. The topological polar surface area (TPSA) is 109 Å². The van der Waals surface area contributed by atoms with E-state index in [-0.39, 0.29) is 34.9 Å². The number of benzene rings is 1. The molecule has 2 heterocycles. The summed E-state index contributed by atoms with van der Waals surface area (Å²) in [6.07, 6.45) is 7.73. The van der Waals surface area contributed by atoms with Gasteiger partial charge in [0.2, 0.25) is 10.0 Å². The van der Waals surface area contributed by atoms with Crippen LogP contribution in [0, 0.1) is 12.3 Å². The molecular weight excluding hydrogens is 394 g/mol. The van der Waals surface area contributed by atoms with Crippen molar-refractivity contribution in [3.63, 3.8) is 0 Å². The first-order valence-corrected chi connectivity index (χ1v) is 10.6. The summed E-state index contributed by atoms with van der Waals surface area (Å²) in [5.41, 5.74) is 0.239. The van der Waals surface area contributed by atoms with Gasteiger partial charge in [-0.15, -0.1) is 6.42 Å². The lowest BCUT2D eigenvalue weighted by atomic mass is 10.0. The summed E-state index contributed by atoms with van der Waals surface area (Å²) in [5, 5.41) is 2.90. The normalized spacial score (nSPS) is 14.9. The van der Waals surface area contributed by atoms with Crippen LogP contribution in [0.1, 0.15) is 33.8 Å². The molecule has 2 N–H and O–H groups in total. The predicted molar refractivity (Wildman–Crippen MR) is 106 cm³/mol. The molecule has 0 bridgehead atoms. The van der Waals surface area contributed by atoms with Gasteiger partial charge in [-0.25, -0.2) is 8.42 Å². The minimum Gasteiger partial charge on any atom is -0.459 e. The Bertz CT molecular complexity index is 1020. The molecule has 0 atom stereocenters. The van der Waals surface area contributed by atoms with Crippen molar-refractivity contribution in [1.29, 1.82) is 0 Å². The van der Waals surface area contributed by atoms with E-state index in [9.17, 15) is 18.0 Å². The van der Waals surface area contributed by atoms with Crippen molar-refractivity contribution in [2.75, 3.05) is 19.6 Å². The fourth-order valence-electron chi connectivity index (χ4n) is 3.08. The highest BCUT2D eigenvalue weighted by molar-refractivity contribution is 7.89. The number of rotatable bonds is 6. The Morgan fingerprint density at radius 2 is 1.97 bits per heavy atom. The summed E-state index contributed by atoms with van der Waals surface area (Å²) < 4.78 is 31.7.